The molecule has 0 atom stereocenters. The monoisotopic (exact) mass is 511 g/mol. The van der Waals surface area contributed by atoms with Crippen LogP contribution in [0.5, 0.6) is 11.5 Å². The molecular formula is C22H18BrN5O5. The molecule has 2 aliphatic heterocycles. The minimum absolute atomic E-state index is 0.173. The summed E-state index contributed by atoms with van der Waals surface area (Å²) >= 11 is 3.39. The third kappa shape index (κ3) is 4.44. The maximum Gasteiger partial charge on any atom is 0.274 e. The maximum absolute atomic E-state index is 12.5. The average Bonchev–Trinajstić information content (AvgIpc) is 3.46. The van der Waals surface area contributed by atoms with Gasteiger partial charge in [-0.15, -0.1) is 0 Å². The zero-order chi connectivity index (χ0) is 22.9. The number of hydrogen-bond acceptors (Lipinski definition) is 8. The van der Waals surface area contributed by atoms with Gasteiger partial charge in [-0.25, -0.2) is 5.01 Å². The number of anilines is 1. The Hall–Kier alpha value is -3.73. The molecule has 11 heteroatoms. The van der Waals surface area contributed by atoms with Gasteiger partial charge in [0, 0.05) is 28.6 Å². The van der Waals surface area contributed by atoms with Crippen molar-refractivity contribution in [3.8, 4) is 22.9 Å². The highest BCUT2D eigenvalue weighted by atomic mass is 79.9. The number of amides is 2. The Morgan fingerprint density at radius 1 is 1.15 bits per heavy atom. The zero-order valence-electron chi connectivity index (χ0n) is 17.5. The molecular weight excluding hydrogens is 494 g/mol. The smallest absolute Gasteiger partial charge is 0.274 e. The van der Waals surface area contributed by atoms with Crippen LogP contribution in [0.4, 0.5) is 5.69 Å². The molecule has 2 aromatic carbocycles. The Morgan fingerprint density at radius 2 is 2.00 bits per heavy atom. The molecule has 0 bridgehead atoms. The molecule has 3 heterocycles. The number of nitrogens with one attached hydrogen (secondary N) is 1. The first-order valence-corrected chi connectivity index (χ1v) is 10.9. The molecule has 3 aromatic rings. The van der Waals surface area contributed by atoms with Gasteiger partial charge in [0.15, 0.2) is 11.5 Å². The van der Waals surface area contributed by atoms with Crippen LogP contribution >= 0.6 is 15.9 Å². The van der Waals surface area contributed by atoms with Crippen molar-refractivity contribution in [1.82, 2.24) is 15.1 Å². The number of nitrogens with zero attached hydrogens (tertiary/aromatic N) is 4. The maximum atomic E-state index is 12.5. The number of halogens is 1. The van der Waals surface area contributed by atoms with Crippen molar-refractivity contribution in [2.45, 2.75) is 19.8 Å². The fourth-order valence-electron chi connectivity index (χ4n) is 3.47. The summed E-state index contributed by atoms with van der Waals surface area (Å²) in [5.41, 5.74) is 2.71. The SMILES string of the molecule is Cc1cc(Br)ccc1NC(=O)CN1N=C(c2nc(-c3ccc4c(c3)OCO4)no2)CCC1=O. The summed E-state index contributed by atoms with van der Waals surface area (Å²) in [6, 6.07) is 10.9. The minimum atomic E-state index is -0.356. The van der Waals surface area contributed by atoms with Crippen LogP contribution in [-0.4, -0.2) is 46.0 Å². The fourth-order valence-corrected chi connectivity index (χ4v) is 3.94. The number of carbonyl (C=O) groups is 2. The van der Waals surface area contributed by atoms with Crippen LogP contribution in [0.25, 0.3) is 11.4 Å². The summed E-state index contributed by atoms with van der Waals surface area (Å²) < 4.78 is 17.0. The van der Waals surface area contributed by atoms with Gasteiger partial charge in [0.25, 0.3) is 5.89 Å². The van der Waals surface area contributed by atoms with Crippen molar-refractivity contribution in [2.75, 3.05) is 18.7 Å². The lowest BCUT2D eigenvalue weighted by atomic mass is 10.1. The molecule has 168 valence electrons. The molecule has 10 nitrogen and oxygen atoms in total. The van der Waals surface area contributed by atoms with Crippen LogP contribution in [0.1, 0.15) is 24.3 Å². The average molecular weight is 512 g/mol. The van der Waals surface area contributed by atoms with E-state index in [0.29, 0.717) is 40.7 Å². The van der Waals surface area contributed by atoms with E-state index in [2.05, 4.69) is 36.5 Å². The van der Waals surface area contributed by atoms with Gasteiger partial charge in [0.2, 0.25) is 24.4 Å². The van der Waals surface area contributed by atoms with Crippen LogP contribution < -0.4 is 14.8 Å². The summed E-state index contributed by atoms with van der Waals surface area (Å²) in [5.74, 6) is 1.21. The molecule has 0 unspecified atom stereocenters. The molecule has 0 spiro atoms. The molecule has 0 saturated heterocycles. The number of carbonyl (C=O) groups excluding carboxylic acids is 2. The van der Waals surface area contributed by atoms with E-state index in [1.165, 1.54) is 0 Å². The second-order valence-corrected chi connectivity index (χ2v) is 8.41. The molecule has 1 aromatic heterocycles. The minimum Gasteiger partial charge on any atom is -0.454 e. The Labute approximate surface area is 196 Å². The normalized spacial score (nSPS) is 14.9. The van der Waals surface area contributed by atoms with E-state index < -0.39 is 0 Å². The predicted octanol–water partition coefficient (Wildman–Crippen LogP) is 3.50. The van der Waals surface area contributed by atoms with Crippen molar-refractivity contribution in [3.63, 3.8) is 0 Å². The van der Waals surface area contributed by atoms with Gasteiger partial charge in [-0.3, -0.25) is 9.59 Å². The van der Waals surface area contributed by atoms with E-state index in [4.69, 9.17) is 14.0 Å². The molecule has 0 radical (unpaired) electrons. The van der Waals surface area contributed by atoms with Crippen LogP contribution in [-0.2, 0) is 9.59 Å². The van der Waals surface area contributed by atoms with Crippen LogP contribution in [0.2, 0.25) is 0 Å². The number of fused-ring (bicyclic) bond motifs is 1. The third-order valence-corrected chi connectivity index (χ3v) is 5.66. The summed E-state index contributed by atoms with van der Waals surface area (Å²) in [7, 11) is 0. The number of aryl methyl sites for hydroxylation is 1. The Balaban J connectivity index is 1.31. The second-order valence-electron chi connectivity index (χ2n) is 7.50. The number of rotatable bonds is 5. The van der Waals surface area contributed by atoms with Crippen molar-refractivity contribution in [3.05, 3.63) is 52.3 Å². The zero-order valence-corrected chi connectivity index (χ0v) is 19.1. The molecule has 0 fully saturated rings. The van der Waals surface area contributed by atoms with Gasteiger partial charge in [0.1, 0.15) is 12.3 Å². The van der Waals surface area contributed by atoms with Crippen molar-refractivity contribution >= 4 is 39.1 Å². The molecule has 5 rings (SSSR count). The standard InChI is InChI=1S/C22H18BrN5O5/c1-12-8-14(23)3-4-15(12)24-19(29)10-28-20(30)7-5-16(26-28)22-25-21(27-33-22)13-2-6-17-18(9-13)32-11-31-17/h2-4,6,8-9H,5,7,10-11H2,1H3,(H,24,29). The lowest BCUT2D eigenvalue weighted by Crippen LogP contribution is -2.38. The Bertz CT molecular complexity index is 1290. The highest BCUT2D eigenvalue weighted by Gasteiger charge is 2.27. The third-order valence-electron chi connectivity index (χ3n) is 5.16. The van der Waals surface area contributed by atoms with Gasteiger partial charge in [0.05, 0.1) is 0 Å². The largest absolute Gasteiger partial charge is 0.454 e. The van der Waals surface area contributed by atoms with Crippen LogP contribution in [0, 0.1) is 6.92 Å². The van der Waals surface area contributed by atoms with Gasteiger partial charge in [-0.1, -0.05) is 21.1 Å². The van der Waals surface area contributed by atoms with Crippen molar-refractivity contribution in [2.24, 2.45) is 5.10 Å². The summed E-state index contributed by atoms with van der Waals surface area (Å²) in [6.07, 6.45) is 0.525. The number of ether oxygens (including phenoxy) is 2. The van der Waals surface area contributed by atoms with E-state index >= 15 is 0 Å². The molecule has 33 heavy (non-hydrogen) atoms. The highest BCUT2D eigenvalue weighted by molar-refractivity contribution is 9.10. The summed E-state index contributed by atoms with van der Waals surface area (Å²) in [4.78, 5) is 29.3. The fraction of sp³-hybridized carbons (Fsp3) is 0.227. The predicted molar refractivity (Wildman–Crippen MR) is 121 cm³/mol. The van der Waals surface area contributed by atoms with Crippen LogP contribution in [0.15, 0.2) is 50.5 Å². The first-order chi connectivity index (χ1) is 16.0. The van der Waals surface area contributed by atoms with Crippen LogP contribution in [0.3, 0.4) is 0 Å². The summed E-state index contributed by atoms with van der Waals surface area (Å²) in [6.45, 7) is 1.84. The molecule has 1 N–H and O–H groups in total. The van der Waals surface area contributed by atoms with E-state index in [9.17, 15) is 9.59 Å². The lowest BCUT2D eigenvalue weighted by molar-refractivity contribution is -0.135. The Kier molecular flexibility index (Phi) is 5.55. The first-order valence-electron chi connectivity index (χ1n) is 10.1. The summed E-state index contributed by atoms with van der Waals surface area (Å²) in [5, 5.41) is 12.3. The topological polar surface area (TPSA) is 119 Å². The van der Waals surface area contributed by atoms with E-state index in [0.717, 1.165) is 15.0 Å². The molecule has 0 saturated carbocycles. The number of benzene rings is 2. The van der Waals surface area contributed by atoms with E-state index in [-0.39, 0.29) is 37.5 Å². The van der Waals surface area contributed by atoms with E-state index in [1.54, 1.807) is 24.3 Å². The number of hydrogen-bond donors (Lipinski definition) is 1. The molecule has 2 aliphatic rings. The van der Waals surface area contributed by atoms with Gasteiger partial charge < -0.3 is 19.3 Å². The van der Waals surface area contributed by atoms with Crippen molar-refractivity contribution < 1.29 is 23.6 Å². The van der Waals surface area contributed by atoms with Gasteiger partial charge in [-0.2, -0.15) is 10.1 Å². The van der Waals surface area contributed by atoms with Gasteiger partial charge >= 0.3 is 0 Å². The van der Waals surface area contributed by atoms with Crippen molar-refractivity contribution in [1.29, 1.82) is 0 Å². The molecule has 0 aliphatic carbocycles. The van der Waals surface area contributed by atoms with Gasteiger partial charge in [-0.05, 0) is 48.9 Å². The lowest BCUT2D eigenvalue weighted by Gasteiger charge is -2.22. The second kappa shape index (κ2) is 8.66. The van der Waals surface area contributed by atoms with E-state index in [1.807, 2.05) is 19.1 Å². The first kappa shape index (κ1) is 21.1. The highest BCUT2D eigenvalue weighted by Crippen LogP contribution is 2.35. The Morgan fingerprint density at radius 3 is 2.85 bits per heavy atom. The quantitative estimate of drug-likeness (QED) is 0.556. The molecule has 2 amide bonds. The number of aromatic nitrogens is 2. The number of hydrazone groups is 1.